The van der Waals surface area contributed by atoms with Crippen molar-refractivity contribution in [3.05, 3.63) is 194 Å². The summed E-state index contributed by atoms with van der Waals surface area (Å²) in [6.45, 7) is 0. The van der Waals surface area contributed by atoms with Gasteiger partial charge in [-0.1, -0.05) is 164 Å². The summed E-state index contributed by atoms with van der Waals surface area (Å²) >= 11 is 0. The highest BCUT2D eigenvalue weighted by atomic mass is 16.3. The van der Waals surface area contributed by atoms with Gasteiger partial charge in [-0.2, -0.15) is 0 Å². The van der Waals surface area contributed by atoms with Gasteiger partial charge >= 0.3 is 0 Å². The van der Waals surface area contributed by atoms with Gasteiger partial charge in [0.2, 0.25) is 0 Å². The molecule has 0 fully saturated rings. The number of furan rings is 1. The summed E-state index contributed by atoms with van der Waals surface area (Å²) < 4.78 is 9.31. The smallest absolute Gasteiger partial charge is 0.164 e. The van der Waals surface area contributed by atoms with Crippen molar-refractivity contribution in [2.75, 3.05) is 0 Å². The van der Waals surface area contributed by atoms with Crippen LogP contribution < -0.4 is 0 Å². The highest BCUT2D eigenvalue weighted by Gasteiger charge is 2.23. The molecule has 56 heavy (non-hydrogen) atoms. The Bertz CT molecular complexity index is 3170. The lowest BCUT2D eigenvalue weighted by Crippen LogP contribution is -2.00. The molecule has 0 unspecified atom stereocenters. The summed E-state index contributed by atoms with van der Waals surface area (Å²) in [5.74, 6) is 1.83. The number of rotatable bonds is 6. The Hall–Kier alpha value is -7.63. The summed E-state index contributed by atoms with van der Waals surface area (Å²) in [4.78, 5) is 15.1. The average Bonchev–Trinajstić information content (AvgIpc) is 3.83. The van der Waals surface area contributed by atoms with E-state index >= 15 is 0 Å². The maximum atomic E-state index is 6.93. The van der Waals surface area contributed by atoms with Crippen LogP contribution in [-0.4, -0.2) is 19.5 Å². The van der Waals surface area contributed by atoms with E-state index in [0.717, 1.165) is 66.5 Å². The Morgan fingerprint density at radius 3 is 1.59 bits per heavy atom. The minimum Gasteiger partial charge on any atom is -0.454 e. The zero-order chi connectivity index (χ0) is 37.0. The van der Waals surface area contributed by atoms with Gasteiger partial charge in [0.25, 0.3) is 0 Å². The molecule has 0 saturated carbocycles. The van der Waals surface area contributed by atoms with Crippen LogP contribution in [-0.2, 0) is 0 Å². The predicted molar refractivity (Wildman–Crippen MR) is 229 cm³/mol. The lowest BCUT2D eigenvalue weighted by Gasteiger charge is -2.12. The SMILES string of the molecule is c1ccc(-c2cc(-c3ccccc3)c3c4ccccc4n(-c4cccc5c4oc4cccc(-c6nc(-c7ccccc7)nc(-c7ccccc7)n6)c45)c3c2)cc1. The Morgan fingerprint density at radius 2 is 0.911 bits per heavy atom. The Balaban J connectivity index is 1.19. The van der Waals surface area contributed by atoms with Gasteiger partial charge in [0.1, 0.15) is 5.58 Å². The fourth-order valence-corrected chi connectivity index (χ4v) is 8.12. The first kappa shape index (κ1) is 31.9. The van der Waals surface area contributed by atoms with E-state index in [4.69, 9.17) is 19.4 Å². The molecule has 0 aliphatic heterocycles. The van der Waals surface area contributed by atoms with E-state index < -0.39 is 0 Å². The van der Waals surface area contributed by atoms with Gasteiger partial charge in [0.15, 0.2) is 23.1 Å². The number of para-hydroxylation sites is 2. The van der Waals surface area contributed by atoms with Crippen LogP contribution >= 0.6 is 0 Å². The monoisotopic (exact) mass is 716 g/mol. The normalized spacial score (nSPS) is 11.6. The van der Waals surface area contributed by atoms with Crippen LogP contribution in [0.2, 0.25) is 0 Å². The molecule has 11 rings (SSSR count). The summed E-state index contributed by atoms with van der Waals surface area (Å²) in [6, 6.07) is 67.4. The molecule has 0 bridgehead atoms. The van der Waals surface area contributed by atoms with Crippen LogP contribution in [0.25, 0.3) is 106 Å². The number of hydrogen-bond donors (Lipinski definition) is 0. The van der Waals surface area contributed by atoms with Crippen molar-refractivity contribution < 1.29 is 4.42 Å². The molecular formula is C51H32N4O. The van der Waals surface area contributed by atoms with E-state index in [0.29, 0.717) is 17.5 Å². The van der Waals surface area contributed by atoms with Gasteiger partial charge in [-0.3, -0.25) is 0 Å². The van der Waals surface area contributed by atoms with E-state index in [2.05, 4.69) is 126 Å². The quantitative estimate of drug-likeness (QED) is 0.172. The van der Waals surface area contributed by atoms with Crippen LogP contribution in [0.4, 0.5) is 0 Å². The summed E-state index contributed by atoms with van der Waals surface area (Å²) in [5, 5.41) is 4.34. The fourth-order valence-electron chi connectivity index (χ4n) is 8.12. The molecule has 262 valence electrons. The third-order valence-electron chi connectivity index (χ3n) is 10.6. The third kappa shape index (κ3) is 5.21. The highest BCUT2D eigenvalue weighted by molar-refractivity contribution is 6.19. The minimum absolute atomic E-state index is 0.591. The van der Waals surface area contributed by atoms with Gasteiger partial charge in [0.05, 0.1) is 16.7 Å². The van der Waals surface area contributed by atoms with Crippen LogP contribution in [0.1, 0.15) is 0 Å². The molecule has 0 radical (unpaired) electrons. The third-order valence-corrected chi connectivity index (χ3v) is 10.6. The molecule has 0 atom stereocenters. The first-order valence-corrected chi connectivity index (χ1v) is 18.8. The Labute approximate surface area is 322 Å². The number of aromatic nitrogens is 4. The van der Waals surface area contributed by atoms with E-state index in [1.807, 2.05) is 72.8 Å². The second kappa shape index (κ2) is 13.0. The molecule has 5 heteroatoms. The molecule has 5 nitrogen and oxygen atoms in total. The molecule has 0 N–H and O–H groups in total. The summed E-state index contributed by atoms with van der Waals surface area (Å²) in [6.07, 6.45) is 0. The van der Waals surface area contributed by atoms with Gasteiger partial charge in [0, 0.05) is 38.2 Å². The maximum absolute atomic E-state index is 6.93. The summed E-state index contributed by atoms with van der Waals surface area (Å²) in [7, 11) is 0. The lowest BCUT2D eigenvalue weighted by atomic mass is 9.94. The lowest BCUT2D eigenvalue weighted by molar-refractivity contribution is 0.666. The number of benzene rings is 8. The van der Waals surface area contributed by atoms with Crippen LogP contribution in [0.15, 0.2) is 199 Å². The first-order chi connectivity index (χ1) is 27.8. The molecule has 0 aliphatic carbocycles. The largest absolute Gasteiger partial charge is 0.454 e. The highest BCUT2D eigenvalue weighted by Crippen LogP contribution is 2.44. The second-order valence-corrected chi connectivity index (χ2v) is 14.0. The minimum atomic E-state index is 0.591. The standard InChI is InChI=1S/C51H32N4O/c1-5-17-33(18-6-1)37-31-41(34-19-7-2-8-20-34)46-38-25-13-14-28-42(38)55(44(46)32-37)43-29-15-26-39-47-40(27-16-30-45(47)56-48(39)43)51-53-49(35-21-9-3-10-22-35)52-50(54-51)36-23-11-4-12-24-36/h1-32H. The summed E-state index contributed by atoms with van der Waals surface area (Å²) in [5.41, 5.74) is 12.2. The predicted octanol–water partition coefficient (Wildman–Crippen LogP) is 13.2. The second-order valence-electron chi connectivity index (χ2n) is 14.0. The molecule has 8 aromatic carbocycles. The average molecular weight is 717 g/mol. The molecule has 0 amide bonds. The van der Waals surface area contributed by atoms with Crippen molar-refractivity contribution in [2.24, 2.45) is 0 Å². The molecular weight excluding hydrogens is 685 g/mol. The molecule has 0 aliphatic rings. The number of nitrogens with zero attached hydrogens (tertiary/aromatic N) is 4. The van der Waals surface area contributed by atoms with Crippen molar-refractivity contribution in [3.63, 3.8) is 0 Å². The van der Waals surface area contributed by atoms with Crippen molar-refractivity contribution in [1.29, 1.82) is 0 Å². The van der Waals surface area contributed by atoms with Crippen molar-refractivity contribution >= 4 is 43.7 Å². The zero-order valence-corrected chi connectivity index (χ0v) is 30.2. The van der Waals surface area contributed by atoms with Crippen molar-refractivity contribution in [3.8, 4) is 62.1 Å². The van der Waals surface area contributed by atoms with Crippen molar-refractivity contribution in [1.82, 2.24) is 19.5 Å². The Morgan fingerprint density at radius 1 is 0.357 bits per heavy atom. The molecule has 3 aromatic heterocycles. The van der Waals surface area contributed by atoms with Gasteiger partial charge in [-0.05, 0) is 52.6 Å². The molecule has 3 heterocycles. The number of fused-ring (bicyclic) bond motifs is 6. The topological polar surface area (TPSA) is 56.7 Å². The zero-order valence-electron chi connectivity index (χ0n) is 30.2. The fraction of sp³-hybridized carbons (Fsp3) is 0. The van der Waals surface area contributed by atoms with Crippen LogP contribution in [0, 0.1) is 0 Å². The maximum Gasteiger partial charge on any atom is 0.164 e. The molecule has 0 saturated heterocycles. The first-order valence-electron chi connectivity index (χ1n) is 18.8. The van der Waals surface area contributed by atoms with Gasteiger partial charge in [-0.25, -0.2) is 15.0 Å². The molecule has 11 aromatic rings. The van der Waals surface area contributed by atoms with E-state index in [-0.39, 0.29) is 0 Å². The van der Waals surface area contributed by atoms with Crippen LogP contribution in [0.5, 0.6) is 0 Å². The van der Waals surface area contributed by atoms with E-state index in [1.165, 1.54) is 21.9 Å². The Kier molecular flexibility index (Phi) is 7.42. The van der Waals surface area contributed by atoms with Crippen molar-refractivity contribution in [2.45, 2.75) is 0 Å². The van der Waals surface area contributed by atoms with E-state index in [9.17, 15) is 0 Å². The van der Waals surface area contributed by atoms with Crippen LogP contribution in [0.3, 0.4) is 0 Å². The van der Waals surface area contributed by atoms with Gasteiger partial charge < -0.3 is 8.98 Å². The van der Waals surface area contributed by atoms with Gasteiger partial charge in [-0.15, -0.1) is 0 Å². The van der Waals surface area contributed by atoms with E-state index in [1.54, 1.807) is 0 Å². The number of hydrogen-bond acceptors (Lipinski definition) is 4. The molecule has 0 spiro atoms.